The fraction of sp³-hybridized carbons (Fsp3) is 0.375. The first-order valence-corrected chi connectivity index (χ1v) is 7.20. The van der Waals surface area contributed by atoms with E-state index < -0.39 is 0 Å². The van der Waals surface area contributed by atoms with Crippen molar-refractivity contribution in [3.63, 3.8) is 0 Å². The fourth-order valence-electron chi connectivity index (χ4n) is 2.10. The average molecular weight is 286 g/mol. The maximum Gasteiger partial charge on any atom is 0.226 e. The van der Waals surface area contributed by atoms with Gasteiger partial charge in [-0.2, -0.15) is 4.98 Å². The van der Waals surface area contributed by atoms with E-state index in [-0.39, 0.29) is 6.04 Å². The number of aryl methyl sites for hydroxylation is 1. The Labute approximate surface area is 125 Å². The first kappa shape index (κ1) is 15.3. The summed E-state index contributed by atoms with van der Waals surface area (Å²) in [6, 6.07) is 12.2. The minimum Gasteiger partial charge on any atom is -0.478 e. The summed E-state index contributed by atoms with van der Waals surface area (Å²) >= 11 is 0. The van der Waals surface area contributed by atoms with Gasteiger partial charge in [0.05, 0.1) is 6.61 Å². The maximum absolute atomic E-state index is 5.85. The predicted octanol–water partition coefficient (Wildman–Crippen LogP) is 2.17. The Balaban J connectivity index is 2.07. The molecule has 0 spiro atoms. The van der Waals surface area contributed by atoms with E-state index in [2.05, 4.69) is 27.4 Å². The molecule has 1 unspecified atom stereocenters. The Morgan fingerprint density at radius 3 is 2.67 bits per heavy atom. The van der Waals surface area contributed by atoms with Crippen molar-refractivity contribution in [1.82, 2.24) is 9.97 Å². The summed E-state index contributed by atoms with van der Waals surface area (Å²) in [6.45, 7) is 4.95. The van der Waals surface area contributed by atoms with Crippen molar-refractivity contribution in [3.8, 4) is 5.88 Å². The monoisotopic (exact) mass is 286 g/mol. The third kappa shape index (κ3) is 4.72. The van der Waals surface area contributed by atoms with Gasteiger partial charge in [0.1, 0.15) is 0 Å². The van der Waals surface area contributed by atoms with Crippen LogP contribution in [0.1, 0.15) is 18.2 Å². The van der Waals surface area contributed by atoms with Gasteiger partial charge in [-0.3, -0.25) is 0 Å². The second-order valence-corrected chi connectivity index (χ2v) is 4.87. The molecule has 0 fully saturated rings. The minimum absolute atomic E-state index is 0.0867. The van der Waals surface area contributed by atoms with Crippen LogP contribution in [0.3, 0.4) is 0 Å². The molecule has 1 aromatic carbocycles. The summed E-state index contributed by atoms with van der Waals surface area (Å²) in [6.07, 6.45) is 0.832. The Hall–Kier alpha value is -2.14. The number of benzene rings is 1. The molecule has 5 heteroatoms. The smallest absolute Gasteiger partial charge is 0.226 e. The van der Waals surface area contributed by atoms with Crippen LogP contribution in [0.25, 0.3) is 0 Å². The maximum atomic E-state index is 5.85. The van der Waals surface area contributed by atoms with Crippen LogP contribution in [-0.4, -0.2) is 29.2 Å². The first-order chi connectivity index (χ1) is 10.2. The molecule has 112 valence electrons. The van der Waals surface area contributed by atoms with Crippen molar-refractivity contribution in [2.24, 2.45) is 5.73 Å². The summed E-state index contributed by atoms with van der Waals surface area (Å²) in [4.78, 5) is 8.74. The van der Waals surface area contributed by atoms with Gasteiger partial charge in [0, 0.05) is 24.3 Å². The number of anilines is 1. The van der Waals surface area contributed by atoms with Gasteiger partial charge in [0.25, 0.3) is 0 Å². The summed E-state index contributed by atoms with van der Waals surface area (Å²) in [5, 5.41) is 3.29. The Morgan fingerprint density at radius 2 is 2.00 bits per heavy atom. The SMILES string of the molecule is CCOc1cc(C)nc(NC(CN)Cc2ccccc2)n1. The summed E-state index contributed by atoms with van der Waals surface area (Å²) in [5.74, 6) is 1.15. The molecule has 0 bridgehead atoms. The highest BCUT2D eigenvalue weighted by Gasteiger charge is 2.10. The third-order valence-electron chi connectivity index (χ3n) is 3.07. The van der Waals surface area contributed by atoms with Gasteiger partial charge in [-0.1, -0.05) is 30.3 Å². The van der Waals surface area contributed by atoms with Crippen LogP contribution in [0.5, 0.6) is 5.88 Å². The van der Waals surface area contributed by atoms with Gasteiger partial charge < -0.3 is 15.8 Å². The Kier molecular flexibility index (Phi) is 5.51. The second kappa shape index (κ2) is 7.59. The number of hydrogen-bond donors (Lipinski definition) is 2. The fourth-order valence-corrected chi connectivity index (χ4v) is 2.10. The molecule has 1 atom stereocenters. The van der Waals surface area contributed by atoms with E-state index in [1.807, 2.05) is 38.1 Å². The van der Waals surface area contributed by atoms with Crippen LogP contribution in [0.4, 0.5) is 5.95 Å². The molecule has 5 nitrogen and oxygen atoms in total. The molecule has 0 amide bonds. The molecule has 3 N–H and O–H groups in total. The lowest BCUT2D eigenvalue weighted by molar-refractivity contribution is 0.326. The Morgan fingerprint density at radius 1 is 1.24 bits per heavy atom. The summed E-state index contributed by atoms with van der Waals surface area (Å²) in [5.41, 5.74) is 7.96. The molecule has 2 aromatic rings. The van der Waals surface area contributed by atoms with Crippen molar-refractivity contribution in [2.75, 3.05) is 18.5 Å². The van der Waals surface area contributed by atoms with E-state index in [1.54, 1.807) is 0 Å². The molecule has 0 aliphatic rings. The normalized spacial score (nSPS) is 12.0. The number of ether oxygens (including phenoxy) is 1. The van der Waals surface area contributed by atoms with Crippen LogP contribution in [-0.2, 0) is 6.42 Å². The van der Waals surface area contributed by atoms with Crippen LogP contribution < -0.4 is 15.8 Å². The minimum atomic E-state index is 0.0867. The zero-order chi connectivity index (χ0) is 15.1. The first-order valence-electron chi connectivity index (χ1n) is 7.20. The molecular weight excluding hydrogens is 264 g/mol. The van der Waals surface area contributed by atoms with Gasteiger partial charge in [-0.15, -0.1) is 0 Å². The van der Waals surface area contributed by atoms with Gasteiger partial charge in [0.2, 0.25) is 11.8 Å². The lowest BCUT2D eigenvalue weighted by Gasteiger charge is -2.17. The zero-order valence-corrected chi connectivity index (χ0v) is 12.5. The standard InChI is InChI=1S/C16H22N4O/c1-3-21-15-9-12(2)18-16(20-15)19-14(11-17)10-13-7-5-4-6-8-13/h4-9,14H,3,10-11,17H2,1-2H3,(H,18,19,20). The number of nitrogens with two attached hydrogens (primary N) is 1. The highest BCUT2D eigenvalue weighted by molar-refractivity contribution is 5.32. The molecule has 1 aromatic heterocycles. The molecule has 0 radical (unpaired) electrons. The quantitative estimate of drug-likeness (QED) is 0.816. The van der Waals surface area contributed by atoms with E-state index >= 15 is 0 Å². The lowest BCUT2D eigenvalue weighted by Crippen LogP contribution is -2.32. The topological polar surface area (TPSA) is 73.1 Å². The number of nitrogens with one attached hydrogen (secondary N) is 1. The van der Waals surface area contributed by atoms with Crippen molar-refractivity contribution in [2.45, 2.75) is 26.3 Å². The molecule has 0 aliphatic heterocycles. The molecule has 0 saturated heterocycles. The highest BCUT2D eigenvalue weighted by atomic mass is 16.5. The average Bonchev–Trinajstić information content (AvgIpc) is 2.47. The number of hydrogen-bond acceptors (Lipinski definition) is 5. The molecular formula is C16H22N4O. The third-order valence-corrected chi connectivity index (χ3v) is 3.07. The lowest BCUT2D eigenvalue weighted by atomic mass is 10.1. The largest absolute Gasteiger partial charge is 0.478 e. The number of nitrogens with zero attached hydrogens (tertiary/aromatic N) is 2. The van der Waals surface area contributed by atoms with E-state index in [1.165, 1.54) is 5.56 Å². The van der Waals surface area contributed by atoms with E-state index in [0.717, 1.165) is 12.1 Å². The molecule has 0 aliphatic carbocycles. The molecule has 21 heavy (non-hydrogen) atoms. The van der Waals surface area contributed by atoms with Crippen molar-refractivity contribution >= 4 is 5.95 Å². The van der Waals surface area contributed by atoms with Gasteiger partial charge >= 0.3 is 0 Å². The summed E-state index contributed by atoms with van der Waals surface area (Å²) in [7, 11) is 0. The van der Waals surface area contributed by atoms with Crippen LogP contribution in [0.15, 0.2) is 36.4 Å². The van der Waals surface area contributed by atoms with Crippen molar-refractivity contribution < 1.29 is 4.74 Å². The molecule has 2 rings (SSSR count). The predicted molar refractivity (Wildman–Crippen MR) is 84.5 cm³/mol. The van der Waals surface area contributed by atoms with E-state index in [4.69, 9.17) is 10.5 Å². The molecule has 1 heterocycles. The molecule has 0 saturated carbocycles. The Bertz CT molecular complexity index is 559. The van der Waals surface area contributed by atoms with Crippen LogP contribution in [0.2, 0.25) is 0 Å². The van der Waals surface area contributed by atoms with E-state index in [0.29, 0.717) is 25.0 Å². The van der Waals surface area contributed by atoms with Crippen molar-refractivity contribution in [1.29, 1.82) is 0 Å². The number of aromatic nitrogens is 2. The summed E-state index contributed by atoms with van der Waals surface area (Å²) < 4.78 is 5.44. The van der Waals surface area contributed by atoms with Gasteiger partial charge in [0.15, 0.2) is 0 Å². The van der Waals surface area contributed by atoms with Crippen molar-refractivity contribution in [3.05, 3.63) is 47.7 Å². The second-order valence-electron chi connectivity index (χ2n) is 4.87. The van der Waals surface area contributed by atoms with E-state index in [9.17, 15) is 0 Å². The number of rotatable bonds is 7. The van der Waals surface area contributed by atoms with Crippen LogP contribution >= 0.6 is 0 Å². The van der Waals surface area contributed by atoms with Gasteiger partial charge in [-0.05, 0) is 25.8 Å². The van der Waals surface area contributed by atoms with Crippen LogP contribution in [0, 0.1) is 6.92 Å². The van der Waals surface area contributed by atoms with Gasteiger partial charge in [-0.25, -0.2) is 4.98 Å². The highest BCUT2D eigenvalue weighted by Crippen LogP contribution is 2.13. The zero-order valence-electron chi connectivity index (χ0n) is 12.5.